The van der Waals surface area contributed by atoms with Crippen LogP contribution in [0.5, 0.6) is 0 Å². The Hall–Kier alpha value is -1.97. The largest absolute Gasteiger partial charge is 0.338 e. The topological polar surface area (TPSA) is 76.7 Å². The van der Waals surface area contributed by atoms with E-state index in [9.17, 15) is 9.59 Å². The molecule has 0 aliphatic carbocycles. The Bertz CT molecular complexity index is 990. The van der Waals surface area contributed by atoms with Gasteiger partial charge in [-0.15, -0.1) is 0 Å². The number of anilines is 2. The van der Waals surface area contributed by atoms with Crippen LogP contribution in [0.15, 0.2) is 36.4 Å². The first-order valence-corrected chi connectivity index (χ1v) is 10.0. The average Bonchev–Trinajstić information content (AvgIpc) is 3.02. The summed E-state index contributed by atoms with van der Waals surface area (Å²) in [6.45, 7) is 0.613. The van der Waals surface area contributed by atoms with Crippen LogP contribution in [-0.4, -0.2) is 40.2 Å². The smallest absolute Gasteiger partial charge is 0.307 e. The van der Waals surface area contributed by atoms with Crippen LogP contribution in [0, 0.1) is 0 Å². The summed E-state index contributed by atoms with van der Waals surface area (Å²) in [5.41, 5.74) is 3.51. The van der Waals surface area contributed by atoms with Crippen molar-refractivity contribution < 1.29 is 9.59 Å². The Morgan fingerprint density at radius 1 is 0.828 bits per heavy atom. The number of carbonyl (C=O) groups is 2. The van der Waals surface area contributed by atoms with Crippen molar-refractivity contribution in [2.24, 2.45) is 0 Å². The van der Waals surface area contributed by atoms with Crippen LogP contribution in [0.1, 0.15) is 0 Å². The zero-order valence-electron chi connectivity index (χ0n) is 14.5. The second kappa shape index (κ2) is 9.23. The van der Waals surface area contributed by atoms with Crippen LogP contribution in [-0.2, 0) is 0 Å². The highest BCUT2D eigenvalue weighted by molar-refractivity contribution is 7.80. The number of halogens is 4. The van der Waals surface area contributed by atoms with Gasteiger partial charge in [-0.05, 0) is 48.6 Å². The Labute approximate surface area is 191 Å². The van der Waals surface area contributed by atoms with E-state index in [-0.39, 0.29) is 5.11 Å². The zero-order chi connectivity index (χ0) is 21.1. The molecule has 0 saturated carbocycles. The molecule has 0 spiro atoms. The molecule has 1 aliphatic heterocycles. The van der Waals surface area contributed by atoms with Gasteiger partial charge >= 0.3 is 12.1 Å². The maximum Gasteiger partial charge on any atom is 0.338 e. The molecule has 29 heavy (non-hydrogen) atoms. The Morgan fingerprint density at radius 2 is 1.38 bits per heavy atom. The zero-order valence-corrected chi connectivity index (χ0v) is 18.3. The molecule has 0 aromatic heterocycles. The molecule has 152 valence electrons. The van der Waals surface area contributed by atoms with Crippen molar-refractivity contribution in [3.63, 3.8) is 0 Å². The van der Waals surface area contributed by atoms with Gasteiger partial charge in [0.15, 0.2) is 5.11 Å². The van der Waals surface area contributed by atoms with Crippen LogP contribution in [0.4, 0.5) is 21.0 Å². The van der Waals surface area contributed by atoms with Gasteiger partial charge in [0.1, 0.15) is 0 Å². The molecule has 0 unspecified atom stereocenters. The van der Waals surface area contributed by atoms with E-state index >= 15 is 0 Å². The summed E-state index contributed by atoms with van der Waals surface area (Å²) < 4.78 is 0. The lowest BCUT2D eigenvalue weighted by molar-refractivity contribution is 0.232. The molecule has 7 nitrogen and oxygen atoms in total. The van der Waals surface area contributed by atoms with Gasteiger partial charge in [-0.25, -0.2) is 15.0 Å². The first-order chi connectivity index (χ1) is 13.7. The first-order valence-electron chi connectivity index (χ1n) is 8.12. The summed E-state index contributed by atoms with van der Waals surface area (Å²) >= 11 is 28.9. The van der Waals surface area contributed by atoms with Crippen molar-refractivity contribution in [3.05, 3.63) is 56.5 Å². The van der Waals surface area contributed by atoms with E-state index in [0.29, 0.717) is 44.6 Å². The van der Waals surface area contributed by atoms with Crippen molar-refractivity contribution >= 4 is 87.2 Å². The van der Waals surface area contributed by atoms with Crippen LogP contribution >= 0.6 is 58.6 Å². The Morgan fingerprint density at radius 3 is 1.93 bits per heavy atom. The second-order valence-corrected chi connectivity index (χ2v) is 7.83. The monoisotopic (exact) mass is 491 g/mol. The minimum Gasteiger partial charge on any atom is -0.307 e. The van der Waals surface area contributed by atoms with Crippen LogP contribution < -0.4 is 16.1 Å². The third kappa shape index (κ3) is 5.34. The van der Waals surface area contributed by atoms with Gasteiger partial charge in [0.2, 0.25) is 0 Å². The number of hydrazine groups is 1. The van der Waals surface area contributed by atoms with E-state index in [2.05, 4.69) is 16.1 Å². The van der Waals surface area contributed by atoms with Gasteiger partial charge < -0.3 is 10.6 Å². The second-order valence-electron chi connectivity index (χ2n) is 5.84. The number of thiocarbonyl (C=S) groups is 1. The maximum atomic E-state index is 12.5. The fourth-order valence-electron chi connectivity index (χ4n) is 2.45. The Balaban J connectivity index is 1.57. The minimum absolute atomic E-state index is 0.145. The van der Waals surface area contributed by atoms with Gasteiger partial charge in [0.25, 0.3) is 0 Å². The number of benzene rings is 2. The number of nitrogens with zero attached hydrogens (tertiary/aromatic N) is 2. The lowest BCUT2D eigenvalue weighted by atomic mass is 10.3. The van der Waals surface area contributed by atoms with Gasteiger partial charge in [0, 0.05) is 17.9 Å². The lowest BCUT2D eigenvalue weighted by Crippen LogP contribution is -2.47. The molecule has 1 saturated heterocycles. The highest BCUT2D eigenvalue weighted by Crippen LogP contribution is 2.26. The van der Waals surface area contributed by atoms with Crippen LogP contribution in [0.3, 0.4) is 0 Å². The molecule has 2 aromatic carbocycles. The Kier molecular flexibility index (Phi) is 6.92. The van der Waals surface area contributed by atoms with Crippen molar-refractivity contribution in [1.29, 1.82) is 0 Å². The molecule has 0 atom stereocenters. The number of rotatable bonds is 3. The molecule has 0 radical (unpaired) electrons. The molecular formula is C17H13Cl4N5O2S. The molecule has 1 fully saturated rings. The van der Waals surface area contributed by atoms with E-state index in [1.807, 2.05) is 0 Å². The molecule has 12 heteroatoms. The summed E-state index contributed by atoms with van der Waals surface area (Å²) in [5.74, 6) is 0. The van der Waals surface area contributed by atoms with Crippen LogP contribution in [0.25, 0.3) is 0 Å². The standard InChI is InChI=1S/C17H13Cl4N5O2S/c18-11-3-1-9(7-13(11)20)22-15(27)24-26-6-5-25(17(26)29)16(28)23-10-2-4-12(19)14(21)8-10/h1-4,7-8H,5-6H2,(H,23,28)(H2,22,24,27). The minimum atomic E-state index is -0.544. The summed E-state index contributed by atoms with van der Waals surface area (Å²) in [5, 5.41) is 8.21. The third-order valence-corrected chi connectivity index (χ3v) is 5.76. The van der Waals surface area contributed by atoms with E-state index in [1.54, 1.807) is 24.3 Å². The van der Waals surface area contributed by atoms with Gasteiger partial charge in [-0.1, -0.05) is 46.4 Å². The lowest BCUT2D eigenvalue weighted by Gasteiger charge is -2.21. The third-order valence-electron chi connectivity index (χ3n) is 3.84. The molecule has 1 heterocycles. The molecular weight excluding hydrogens is 480 g/mol. The fourth-order valence-corrected chi connectivity index (χ4v) is 3.36. The summed E-state index contributed by atoms with van der Waals surface area (Å²) in [7, 11) is 0. The molecule has 3 rings (SSSR count). The number of hydrogen-bond acceptors (Lipinski definition) is 3. The first kappa shape index (κ1) is 21.7. The number of amides is 4. The number of nitrogens with one attached hydrogen (secondary N) is 3. The van der Waals surface area contributed by atoms with Gasteiger partial charge in [-0.2, -0.15) is 0 Å². The van der Waals surface area contributed by atoms with Gasteiger partial charge in [-0.3, -0.25) is 9.91 Å². The van der Waals surface area contributed by atoms with Crippen molar-refractivity contribution in [3.8, 4) is 0 Å². The summed E-state index contributed by atoms with van der Waals surface area (Å²) in [4.78, 5) is 26.0. The number of carbonyl (C=O) groups excluding carboxylic acids is 2. The molecule has 1 aliphatic rings. The van der Waals surface area contributed by atoms with Crippen molar-refractivity contribution in [1.82, 2.24) is 15.3 Å². The normalized spacial score (nSPS) is 13.4. The highest BCUT2D eigenvalue weighted by Gasteiger charge is 2.31. The number of hydrogen-bond donors (Lipinski definition) is 3. The average molecular weight is 493 g/mol. The van der Waals surface area contributed by atoms with E-state index < -0.39 is 12.1 Å². The molecule has 3 N–H and O–H groups in total. The van der Waals surface area contributed by atoms with Gasteiger partial charge in [0.05, 0.1) is 26.6 Å². The maximum absolute atomic E-state index is 12.5. The predicted molar refractivity (Wildman–Crippen MR) is 120 cm³/mol. The summed E-state index contributed by atoms with van der Waals surface area (Å²) in [6.07, 6.45) is 0. The van der Waals surface area contributed by atoms with Crippen molar-refractivity contribution in [2.75, 3.05) is 23.7 Å². The highest BCUT2D eigenvalue weighted by atomic mass is 35.5. The SMILES string of the molecule is O=C(Nc1ccc(Cl)c(Cl)c1)NN1CCN(C(=O)Nc2ccc(Cl)c(Cl)c2)C1=S. The van der Waals surface area contributed by atoms with E-state index in [0.717, 1.165) is 0 Å². The summed E-state index contributed by atoms with van der Waals surface area (Å²) in [6, 6.07) is 8.40. The molecule has 2 aromatic rings. The molecule has 4 amide bonds. The van der Waals surface area contributed by atoms with E-state index in [4.69, 9.17) is 58.6 Å². The van der Waals surface area contributed by atoms with Crippen molar-refractivity contribution in [2.45, 2.75) is 0 Å². The predicted octanol–water partition coefficient (Wildman–Crippen LogP) is 5.47. The van der Waals surface area contributed by atoms with Crippen LogP contribution in [0.2, 0.25) is 20.1 Å². The van der Waals surface area contributed by atoms with E-state index in [1.165, 1.54) is 22.0 Å². The fraction of sp³-hybridized carbons (Fsp3) is 0.118. The molecule has 0 bridgehead atoms. The quantitative estimate of drug-likeness (QED) is 0.496. The number of urea groups is 2.